The molecule has 0 spiro atoms. The summed E-state index contributed by atoms with van der Waals surface area (Å²) in [6.45, 7) is 7.27. The van der Waals surface area contributed by atoms with Crippen molar-refractivity contribution in [1.82, 2.24) is 5.32 Å². The van der Waals surface area contributed by atoms with Crippen LogP contribution in [-0.4, -0.2) is 23.7 Å². The Labute approximate surface area is 60.1 Å². The van der Waals surface area contributed by atoms with Crippen molar-refractivity contribution >= 4 is 5.97 Å². The van der Waals surface area contributed by atoms with E-state index in [1.807, 2.05) is 0 Å². The van der Waals surface area contributed by atoms with Crippen molar-refractivity contribution in [3.8, 4) is 0 Å². The first-order valence-electron chi connectivity index (χ1n) is 2.92. The van der Waals surface area contributed by atoms with Gasteiger partial charge in [-0.3, -0.25) is 10.1 Å². The maximum Gasteiger partial charge on any atom is 0.324 e. The van der Waals surface area contributed by atoms with Crippen molar-refractivity contribution in [3.63, 3.8) is 0 Å². The predicted octanol–water partition coefficient (Wildman–Crippen LogP) is 0.401. The molecule has 1 unspecified atom stereocenters. The third kappa shape index (κ3) is 3.04. The maximum atomic E-state index is 10.3. The lowest BCUT2D eigenvalue weighted by atomic mass is 10.3. The van der Waals surface area contributed by atoms with Crippen molar-refractivity contribution in [2.24, 2.45) is 0 Å². The van der Waals surface area contributed by atoms with Crippen LogP contribution in [0.2, 0.25) is 0 Å². The fourth-order valence-electron chi connectivity index (χ4n) is 0.482. The van der Waals surface area contributed by atoms with Crippen molar-refractivity contribution in [2.75, 3.05) is 6.54 Å². The van der Waals surface area contributed by atoms with Crippen molar-refractivity contribution in [2.45, 2.75) is 6.04 Å². The van der Waals surface area contributed by atoms with E-state index in [1.54, 1.807) is 6.08 Å². The number of carbonyl (C=O) groups is 1. The second-order valence-corrected chi connectivity index (χ2v) is 1.75. The molecule has 0 saturated carbocycles. The second kappa shape index (κ2) is 4.76. The molecule has 0 aromatic rings. The second-order valence-electron chi connectivity index (χ2n) is 1.75. The lowest BCUT2D eigenvalue weighted by Gasteiger charge is -2.05. The summed E-state index contributed by atoms with van der Waals surface area (Å²) >= 11 is 0. The number of rotatable bonds is 5. The lowest BCUT2D eigenvalue weighted by Crippen LogP contribution is -2.34. The van der Waals surface area contributed by atoms with Crippen LogP contribution < -0.4 is 5.32 Å². The molecule has 0 radical (unpaired) electrons. The number of carboxylic acid groups (broad SMARTS) is 1. The molecule has 0 fully saturated rings. The van der Waals surface area contributed by atoms with Crippen molar-refractivity contribution in [3.05, 3.63) is 25.3 Å². The third-order valence-corrected chi connectivity index (χ3v) is 0.984. The predicted molar refractivity (Wildman–Crippen MR) is 39.8 cm³/mol. The van der Waals surface area contributed by atoms with Gasteiger partial charge in [0.05, 0.1) is 0 Å². The number of hydrogen-bond acceptors (Lipinski definition) is 2. The summed E-state index contributed by atoms with van der Waals surface area (Å²) in [5.41, 5.74) is 0. The zero-order chi connectivity index (χ0) is 7.98. The van der Waals surface area contributed by atoms with E-state index < -0.39 is 12.0 Å². The largest absolute Gasteiger partial charge is 0.480 e. The summed E-state index contributed by atoms with van der Waals surface area (Å²) in [7, 11) is 0. The van der Waals surface area contributed by atoms with Gasteiger partial charge in [-0.1, -0.05) is 12.2 Å². The van der Waals surface area contributed by atoms with Gasteiger partial charge in [0.1, 0.15) is 6.04 Å². The molecule has 0 saturated heterocycles. The van der Waals surface area contributed by atoms with Gasteiger partial charge >= 0.3 is 5.97 Å². The molecule has 1 atom stereocenters. The van der Waals surface area contributed by atoms with Crippen molar-refractivity contribution < 1.29 is 9.90 Å². The van der Waals surface area contributed by atoms with Gasteiger partial charge in [-0.15, -0.1) is 13.2 Å². The summed E-state index contributed by atoms with van der Waals surface area (Å²) in [6, 6.07) is -0.669. The Morgan fingerprint density at radius 2 is 2.30 bits per heavy atom. The van der Waals surface area contributed by atoms with Gasteiger partial charge in [-0.25, -0.2) is 0 Å². The van der Waals surface area contributed by atoms with Crippen LogP contribution in [-0.2, 0) is 4.79 Å². The Kier molecular flexibility index (Phi) is 4.24. The van der Waals surface area contributed by atoms with Gasteiger partial charge < -0.3 is 5.11 Å². The topological polar surface area (TPSA) is 49.3 Å². The van der Waals surface area contributed by atoms with E-state index in [-0.39, 0.29) is 0 Å². The molecule has 3 heteroatoms. The average Bonchev–Trinajstić information content (AvgIpc) is 1.89. The minimum atomic E-state index is -0.920. The highest BCUT2D eigenvalue weighted by Gasteiger charge is 2.09. The SMILES string of the molecule is C=CCNC(C=C)C(=O)O. The Balaban J connectivity index is 3.71. The quantitative estimate of drug-likeness (QED) is 0.545. The van der Waals surface area contributed by atoms with Gasteiger partial charge in [0.15, 0.2) is 0 Å². The number of nitrogens with one attached hydrogen (secondary N) is 1. The molecule has 0 heterocycles. The van der Waals surface area contributed by atoms with Crippen LogP contribution in [0.15, 0.2) is 25.3 Å². The smallest absolute Gasteiger partial charge is 0.324 e. The normalized spacial score (nSPS) is 12.0. The molecule has 0 rings (SSSR count). The van der Waals surface area contributed by atoms with Crippen LogP contribution in [0.3, 0.4) is 0 Å². The Bertz CT molecular complexity index is 143. The van der Waals surface area contributed by atoms with E-state index in [1.165, 1.54) is 6.08 Å². The monoisotopic (exact) mass is 141 g/mol. The lowest BCUT2D eigenvalue weighted by molar-refractivity contribution is -0.138. The fraction of sp³-hybridized carbons (Fsp3) is 0.286. The molecule has 0 aliphatic heterocycles. The van der Waals surface area contributed by atoms with Crippen LogP contribution in [0.25, 0.3) is 0 Å². The first-order chi connectivity index (χ1) is 4.72. The van der Waals surface area contributed by atoms with E-state index in [2.05, 4.69) is 18.5 Å². The Hall–Kier alpha value is -1.09. The maximum absolute atomic E-state index is 10.3. The van der Waals surface area contributed by atoms with Gasteiger partial charge in [0.2, 0.25) is 0 Å². The standard InChI is InChI=1S/C7H11NO2/c1-3-5-8-6(4-2)7(9)10/h3-4,6,8H,1-2,5H2,(H,9,10). The van der Waals surface area contributed by atoms with E-state index in [9.17, 15) is 4.79 Å². The number of carboxylic acids is 1. The minimum absolute atomic E-state index is 0.475. The first kappa shape index (κ1) is 8.91. The van der Waals surface area contributed by atoms with Crippen LogP contribution >= 0.6 is 0 Å². The van der Waals surface area contributed by atoms with Crippen LogP contribution in [0, 0.1) is 0 Å². The summed E-state index contributed by atoms with van der Waals surface area (Å²) < 4.78 is 0. The minimum Gasteiger partial charge on any atom is -0.480 e. The summed E-state index contributed by atoms with van der Waals surface area (Å²) in [5.74, 6) is -0.920. The number of aliphatic carboxylic acids is 1. The third-order valence-electron chi connectivity index (χ3n) is 0.984. The van der Waals surface area contributed by atoms with Gasteiger partial charge in [-0.05, 0) is 0 Å². The van der Waals surface area contributed by atoms with Crippen molar-refractivity contribution in [1.29, 1.82) is 0 Å². The highest BCUT2D eigenvalue weighted by Crippen LogP contribution is 1.83. The fourth-order valence-corrected chi connectivity index (χ4v) is 0.482. The molecule has 0 amide bonds. The highest BCUT2D eigenvalue weighted by molar-refractivity contribution is 5.75. The summed E-state index contributed by atoms with van der Waals surface area (Å²) in [4.78, 5) is 10.3. The zero-order valence-electron chi connectivity index (χ0n) is 5.71. The summed E-state index contributed by atoms with van der Waals surface area (Å²) in [5, 5.41) is 11.1. The molecule has 0 aliphatic carbocycles. The van der Waals surface area contributed by atoms with E-state index in [0.29, 0.717) is 6.54 Å². The zero-order valence-corrected chi connectivity index (χ0v) is 5.71. The molecule has 0 aliphatic rings. The molecule has 0 aromatic carbocycles. The van der Waals surface area contributed by atoms with Gasteiger partial charge in [0, 0.05) is 6.54 Å². The van der Waals surface area contributed by atoms with E-state index >= 15 is 0 Å². The average molecular weight is 141 g/mol. The molecule has 10 heavy (non-hydrogen) atoms. The number of hydrogen-bond donors (Lipinski definition) is 2. The molecule has 56 valence electrons. The Morgan fingerprint density at radius 3 is 2.60 bits per heavy atom. The van der Waals surface area contributed by atoms with E-state index in [4.69, 9.17) is 5.11 Å². The van der Waals surface area contributed by atoms with Gasteiger partial charge in [0.25, 0.3) is 0 Å². The summed E-state index contributed by atoms with van der Waals surface area (Å²) in [6.07, 6.45) is 2.94. The first-order valence-corrected chi connectivity index (χ1v) is 2.92. The molecule has 2 N–H and O–H groups in total. The molecule has 3 nitrogen and oxygen atoms in total. The van der Waals surface area contributed by atoms with E-state index in [0.717, 1.165) is 0 Å². The van der Waals surface area contributed by atoms with Crippen LogP contribution in [0.5, 0.6) is 0 Å². The molecule has 0 aromatic heterocycles. The van der Waals surface area contributed by atoms with Crippen LogP contribution in [0.1, 0.15) is 0 Å². The molecule has 0 bridgehead atoms. The van der Waals surface area contributed by atoms with Gasteiger partial charge in [-0.2, -0.15) is 0 Å². The van der Waals surface area contributed by atoms with Crippen LogP contribution in [0.4, 0.5) is 0 Å². The Morgan fingerprint density at radius 1 is 1.70 bits per heavy atom. The highest BCUT2D eigenvalue weighted by atomic mass is 16.4. The molecular formula is C7H11NO2. The molecular weight excluding hydrogens is 130 g/mol.